The zero-order chi connectivity index (χ0) is 18.2. The molecule has 1 aliphatic heterocycles. The average molecular weight is 382 g/mol. The van der Waals surface area contributed by atoms with E-state index in [2.05, 4.69) is 15.0 Å². The lowest BCUT2D eigenvalue weighted by molar-refractivity contribution is -0.136. The van der Waals surface area contributed by atoms with Crippen molar-refractivity contribution in [2.75, 3.05) is 10.6 Å². The number of benzene rings is 2. The Morgan fingerprint density at radius 3 is 2.76 bits per heavy atom. The van der Waals surface area contributed by atoms with Crippen LogP contribution in [0.2, 0.25) is 5.02 Å². The molecule has 0 aliphatic carbocycles. The molecule has 2 aromatic rings. The number of guanidine groups is 1. The maximum Gasteiger partial charge on any atom is 0.307 e. The molecule has 0 atom stereocenters. The second-order valence-electron chi connectivity index (χ2n) is 5.23. The van der Waals surface area contributed by atoms with Gasteiger partial charge in [0.1, 0.15) is 16.3 Å². The minimum Gasteiger partial charge on any atom is -0.506 e. The Kier molecular flexibility index (Phi) is 4.27. The average Bonchev–Trinajstić information content (AvgIpc) is 2.48. The van der Waals surface area contributed by atoms with Crippen molar-refractivity contribution in [1.29, 1.82) is 0 Å². The van der Waals surface area contributed by atoms with Gasteiger partial charge in [-0.25, -0.2) is 0 Å². The fourth-order valence-corrected chi connectivity index (χ4v) is 3.73. The van der Waals surface area contributed by atoms with E-state index in [0.29, 0.717) is 11.3 Å². The van der Waals surface area contributed by atoms with Crippen LogP contribution in [0.3, 0.4) is 0 Å². The van der Waals surface area contributed by atoms with E-state index in [0.717, 1.165) is 0 Å². The highest BCUT2D eigenvalue weighted by Gasteiger charge is 2.28. The van der Waals surface area contributed by atoms with Gasteiger partial charge in [-0.3, -0.25) is 4.79 Å². The van der Waals surface area contributed by atoms with Crippen molar-refractivity contribution in [1.82, 2.24) is 0 Å². The van der Waals surface area contributed by atoms with Gasteiger partial charge >= 0.3 is 5.97 Å². The van der Waals surface area contributed by atoms with Crippen molar-refractivity contribution >= 4 is 44.9 Å². The second kappa shape index (κ2) is 6.26. The Morgan fingerprint density at radius 2 is 2.04 bits per heavy atom. The molecule has 0 amide bonds. The van der Waals surface area contributed by atoms with Crippen molar-refractivity contribution < 1.29 is 23.4 Å². The number of hydrogen-bond acceptors (Lipinski definition) is 6. The molecule has 2 aromatic carbocycles. The molecule has 1 heterocycles. The molecule has 130 valence electrons. The summed E-state index contributed by atoms with van der Waals surface area (Å²) in [5.41, 5.74) is 0.937. The van der Waals surface area contributed by atoms with Crippen LogP contribution < -0.4 is 10.6 Å². The first-order valence-electron chi connectivity index (χ1n) is 6.97. The molecule has 0 saturated carbocycles. The first-order valence-corrected chi connectivity index (χ1v) is 8.79. The van der Waals surface area contributed by atoms with Crippen LogP contribution in [0.4, 0.5) is 11.4 Å². The lowest BCUT2D eigenvalue weighted by atomic mass is 10.1. The summed E-state index contributed by atoms with van der Waals surface area (Å²) in [6.07, 6.45) is -0.171. The monoisotopic (exact) mass is 381 g/mol. The number of halogens is 1. The van der Waals surface area contributed by atoms with Crippen molar-refractivity contribution in [3.63, 3.8) is 0 Å². The van der Waals surface area contributed by atoms with Crippen LogP contribution in [0.1, 0.15) is 5.56 Å². The molecule has 0 saturated heterocycles. The van der Waals surface area contributed by atoms with Crippen molar-refractivity contribution in [2.24, 2.45) is 4.40 Å². The summed E-state index contributed by atoms with van der Waals surface area (Å²) >= 11 is 5.77. The Labute approximate surface area is 147 Å². The van der Waals surface area contributed by atoms with E-state index >= 15 is 0 Å². The molecule has 0 unspecified atom stereocenters. The Morgan fingerprint density at radius 1 is 1.28 bits per heavy atom. The molecule has 10 heteroatoms. The summed E-state index contributed by atoms with van der Waals surface area (Å²) in [6.45, 7) is 0. The molecule has 0 aromatic heterocycles. The first-order chi connectivity index (χ1) is 11.7. The minimum absolute atomic E-state index is 0.0383. The number of phenolic OH excluding ortho intramolecular Hbond substituents is 1. The number of fused-ring (bicyclic) bond motifs is 1. The van der Waals surface area contributed by atoms with Crippen LogP contribution in [-0.4, -0.2) is 30.6 Å². The zero-order valence-electron chi connectivity index (χ0n) is 12.5. The van der Waals surface area contributed by atoms with E-state index in [-0.39, 0.29) is 33.7 Å². The fraction of sp³-hybridized carbons (Fsp3) is 0.0667. The highest BCUT2D eigenvalue weighted by atomic mass is 35.5. The summed E-state index contributed by atoms with van der Waals surface area (Å²) in [7, 11) is -4.06. The maximum atomic E-state index is 12.3. The van der Waals surface area contributed by atoms with E-state index < -0.39 is 16.0 Å². The van der Waals surface area contributed by atoms with Crippen molar-refractivity contribution in [3.05, 3.63) is 47.0 Å². The number of carboxylic acid groups (broad SMARTS) is 1. The Balaban J connectivity index is 1.93. The molecular weight excluding hydrogens is 370 g/mol. The smallest absolute Gasteiger partial charge is 0.307 e. The topological polar surface area (TPSA) is 128 Å². The number of nitrogens with zero attached hydrogens (tertiary/aromatic N) is 1. The third kappa shape index (κ3) is 3.67. The minimum atomic E-state index is -4.06. The number of sulfonamides is 1. The molecule has 3 rings (SSSR count). The third-order valence-electron chi connectivity index (χ3n) is 3.32. The number of rotatable bonds is 3. The van der Waals surface area contributed by atoms with Crippen LogP contribution in [0.5, 0.6) is 5.75 Å². The van der Waals surface area contributed by atoms with Gasteiger partial charge in [0.15, 0.2) is 0 Å². The molecular formula is C15H12ClN3O5S. The van der Waals surface area contributed by atoms with Gasteiger partial charge in [-0.15, -0.1) is 4.40 Å². The zero-order valence-corrected chi connectivity index (χ0v) is 14.1. The van der Waals surface area contributed by atoms with Gasteiger partial charge in [0.25, 0.3) is 10.0 Å². The number of carbonyl (C=O) groups is 1. The second-order valence-corrected chi connectivity index (χ2v) is 7.24. The Bertz CT molecular complexity index is 1000. The van der Waals surface area contributed by atoms with Crippen molar-refractivity contribution in [3.8, 4) is 5.75 Å². The molecule has 8 nitrogen and oxygen atoms in total. The largest absolute Gasteiger partial charge is 0.506 e. The van der Waals surface area contributed by atoms with Crippen molar-refractivity contribution in [2.45, 2.75) is 11.3 Å². The number of nitrogens with one attached hydrogen (secondary N) is 2. The highest BCUT2D eigenvalue weighted by molar-refractivity contribution is 7.90. The van der Waals surface area contributed by atoms with E-state index in [1.807, 2.05) is 0 Å². The van der Waals surface area contributed by atoms with Crippen LogP contribution in [0.25, 0.3) is 0 Å². The predicted molar refractivity (Wildman–Crippen MR) is 92.8 cm³/mol. The predicted octanol–water partition coefficient (Wildman–Crippen LogP) is 2.25. The normalized spacial score (nSPS) is 14.8. The van der Waals surface area contributed by atoms with Gasteiger partial charge in [-0.2, -0.15) is 8.42 Å². The summed E-state index contributed by atoms with van der Waals surface area (Å²) < 4.78 is 28.2. The van der Waals surface area contributed by atoms with Crippen LogP contribution >= 0.6 is 11.6 Å². The number of aromatic hydroxyl groups is 1. The molecule has 0 radical (unpaired) electrons. The van der Waals surface area contributed by atoms with Gasteiger partial charge in [0, 0.05) is 16.8 Å². The number of phenols is 1. The van der Waals surface area contributed by atoms with Gasteiger partial charge < -0.3 is 20.8 Å². The summed E-state index contributed by atoms with van der Waals surface area (Å²) in [5.74, 6) is -1.44. The van der Waals surface area contributed by atoms with Gasteiger partial charge in [-0.05, 0) is 23.8 Å². The van der Waals surface area contributed by atoms with Gasteiger partial charge in [0.2, 0.25) is 5.96 Å². The van der Waals surface area contributed by atoms with E-state index in [1.54, 1.807) is 24.3 Å². The SMILES string of the molecule is O=C(O)Cc1cccc(NC2=NS(=O)(=O)c3cc(Cl)cc(O)c3N2)c1. The van der Waals surface area contributed by atoms with Gasteiger partial charge in [0.05, 0.1) is 6.42 Å². The molecule has 1 aliphatic rings. The van der Waals surface area contributed by atoms with E-state index in [9.17, 15) is 18.3 Å². The lowest BCUT2D eigenvalue weighted by Crippen LogP contribution is -2.28. The molecule has 0 bridgehead atoms. The van der Waals surface area contributed by atoms with E-state index in [4.69, 9.17) is 16.7 Å². The van der Waals surface area contributed by atoms with Crippen LogP contribution in [0, 0.1) is 0 Å². The number of hydrogen-bond donors (Lipinski definition) is 4. The first kappa shape index (κ1) is 17.1. The molecule has 25 heavy (non-hydrogen) atoms. The third-order valence-corrected chi connectivity index (χ3v) is 4.84. The number of carboxylic acids is 1. The Hall–Kier alpha value is -2.78. The van der Waals surface area contributed by atoms with Crippen LogP contribution in [-0.2, 0) is 21.2 Å². The number of aliphatic carboxylic acids is 1. The quantitative estimate of drug-likeness (QED) is 0.600. The fourth-order valence-electron chi connectivity index (χ4n) is 2.33. The number of anilines is 2. The molecule has 4 N–H and O–H groups in total. The molecule has 0 spiro atoms. The summed E-state index contributed by atoms with van der Waals surface area (Å²) in [4.78, 5) is 10.5. The van der Waals surface area contributed by atoms with E-state index in [1.165, 1.54) is 12.1 Å². The van der Waals surface area contributed by atoms with Crippen LogP contribution in [0.15, 0.2) is 45.7 Å². The summed E-state index contributed by atoms with van der Waals surface area (Å²) in [6, 6.07) is 8.84. The van der Waals surface area contributed by atoms with Gasteiger partial charge in [-0.1, -0.05) is 23.7 Å². The standard InChI is InChI=1S/C15H12ClN3O5S/c16-9-6-11(20)14-12(7-9)25(23,24)19-15(18-14)17-10-3-1-2-8(4-10)5-13(21)22/h1-4,6-7,20H,5H2,(H,21,22)(H2,17,18,19). The maximum absolute atomic E-state index is 12.3. The lowest BCUT2D eigenvalue weighted by Gasteiger charge is -2.20. The summed E-state index contributed by atoms with van der Waals surface area (Å²) in [5, 5.41) is 24.3. The molecule has 0 fully saturated rings. The highest BCUT2D eigenvalue weighted by Crippen LogP contribution is 2.37.